The lowest BCUT2D eigenvalue weighted by Gasteiger charge is -2.51. The summed E-state index contributed by atoms with van der Waals surface area (Å²) >= 11 is 0. The van der Waals surface area contributed by atoms with E-state index in [9.17, 15) is 49.5 Å². The largest absolute Gasteiger partial charge is 0.480 e. The Kier molecular flexibility index (Phi) is 16.8. The first kappa shape index (κ1) is 51.3. The number of aliphatic hydroxyl groups excluding tert-OH is 3. The minimum absolute atomic E-state index is 0.0257. The van der Waals surface area contributed by atoms with Gasteiger partial charge in [-0.05, 0) is 122 Å². The molecule has 3 saturated heterocycles. The Morgan fingerprint density at radius 2 is 0.617 bits per heavy atom. The SMILES string of the molecule is CC1(C)CC(O)CC(C)(C)N1OC(=O)CN(CCN(CC(=O)O)CC(=O)ON1C(C)(C)CC(O)CC1(C)C)CCN(CC(=O)O)CC(=O)ON1C(C)(C)CC(O)CC1(C)C. The highest BCUT2D eigenvalue weighted by Gasteiger charge is 2.50. The van der Waals surface area contributed by atoms with Crippen molar-refractivity contribution in [3.63, 3.8) is 0 Å². The average Bonchev–Trinajstić information content (AvgIpc) is 3.01. The van der Waals surface area contributed by atoms with E-state index < -0.39 is 108 Å². The molecule has 0 aromatic rings. The second-order valence-electron chi connectivity index (χ2n) is 20.8. The standard InChI is InChI=1S/C41H74N6O13/c1-36(2)17-28(48)18-37(3,4)45(36)58-33(55)25-42(13-15-43(23-31(51)52)26-34(56)59-46-38(5,6)19-29(49)20-39(46,7)8)14-16-44(24-32(53)54)27-35(57)60-47-40(9,10)21-30(50)22-41(47,11)12/h28-30,48-50H,13-27H2,1-12H3,(H,51,52)(H,53,54). The first-order chi connectivity index (χ1) is 27.2. The summed E-state index contributed by atoms with van der Waals surface area (Å²) in [4.78, 5) is 86.6. The predicted octanol–water partition coefficient (Wildman–Crippen LogP) is 1.48. The number of hydrogen-bond donors (Lipinski definition) is 5. The van der Waals surface area contributed by atoms with Gasteiger partial charge in [0.25, 0.3) is 0 Å². The summed E-state index contributed by atoms with van der Waals surface area (Å²) in [6, 6.07) is 0. The van der Waals surface area contributed by atoms with Gasteiger partial charge in [0.2, 0.25) is 0 Å². The van der Waals surface area contributed by atoms with E-state index in [2.05, 4.69) is 0 Å². The van der Waals surface area contributed by atoms with Crippen LogP contribution in [-0.4, -0.2) is 196 Å². The quantitative estimate of drug-likeness (QED) is 0.124. The van der Waals surface area contributed by atoms with Gasteiger partial charge in [-0.1, -0.05) is 0 Å². The number of carboxylic acid groups (broad SMARTS) is 2. The van der Waals surface area contributed by atoms with Gasteiger partial charge in [-0.25, -0.2) is 14.4 Å². The third-order valence-corrected chi connectivity index (χ3v) is 11.5. The molecule has 0 spiro atoms. The third-order valence-electron chi connectivity index (χ3n) is 11.5. The molecule has 19 heteroatoms. The van der Waals surface area contributed by atoms with Gasteiger partial charge >= 0.3 is 29.8 Å². The Labute approximate surface area is 355 Å². The lowest BCUT2D eigenvalue weighted by atomic mass is 9.80. The molecule has 19 nitrogen and oxygen atoms in total. The van der Waals surface area contributed by atoms with Crippen LogP contribution in [0.25, 0.3) is 0 Å². The van der Waals surface area contributed by atoms with Gasteiger partial charge in [0.15, 0.2) is 0 Å². The van der Waals surface area contributed by atoms with Crippen molar-refractivity contribution >= 4 is 29.8 Å². The van der Waals surface area contributed by atoms with Crippen LogP contribution >= 0.6 is 0 Å². The van der Waals surface area contributed by atoms with Crippen molar-refractivity contribution in [2.24, 2.45) is 0 Å². The molecule has 346 valence electrons. The van der Waals surface area contributed by atoms with Crippen LogP contribution in [-0.2, 0) is 38.5 Å². The molecule has 3 aliphatic rings. The zero-order valence-corrected chi connectivity index (χ0v) is 38.0. The van der Waals surface area contributed by atoms with Gasteiger partial charge in [0.1, 0.15) is 0 Å². The Bertz CT molecular complexity index is 1400. The molecular weight excluding hydrogens is 784 g/mol. The van der Waals surface area contributed by atoms with Crippen LogP contribution in [0.3, 0.4) is 0 Å². The number of piperidine rings is 3. The van der Waals surface area contributed by atoms with E-state index in [1.807, 2.05) is 83.1 Å². The van der Waals surface area contributed by atoms with Crippen molar-refractivity contribution in [1.29, 1.82) is 0 Å². The van der Waals surface area contributed by atoms with Gasteiger partial charge in [-0.3, -0.25) is 24.3 Å². The summed E-state index contributed by atoms with van der Waals surface area (Å²) in [5, 5.41) is 55.7. The van der Waals surface area contributed by atoms with Gasteiger partial charge in [-0.15, -0.1) is 15.2 Å². The summed E-state index contributed by atoms with van der Waals surface area (Å²) in [6.07, 6.45) is 0.349. The van der Waals surface area contributed by atoms with E-state index in [4.69, 9.17) is 14.5 Å². The zero-order chi connectivity index (χ0) is 45.8. The maximum absolute atomic E-state index is 13.7. The second kappa shape index (κ2) is 19.6. The van der Waals surface area contributed by atoms with Crippen LogP contribution in [0.2, 0.25) is 0 Å². The van der Waals surface area contributed by atoms with Crippen molar-refractivity contribution in [2.45, 2.75) is 173 Å². The van der Waals surface area contributed by atoms with E-state index in [0.29, 0.717) is 38.5 Å². The van der Waals surface area contributed by atoms with Gasteiger partial charge in [-0.2, -0.15) is 0 Å². The van der Waals surface area contributed by atoms with Crippen LogP contribution in [0.4, 0.5) is 0 Å². The van der Waals surface area contributed by atoms with Crippen LogP contribution < -0.4 is 0 Å². The van der Waals surface area contributed by atoms with Gasteiger partial charge in [0, 0.05) is 26.2 Å². The minimum atomic E-state index is -1.20. The number of hydrogen-bond acceptors (Lipinski definition) is 17. The van der Waals surface area contributed by atoms with Crippen molar-refractivity contribution in [3.8, 4) is 0 Å². The number of carbonyl (C=O) groups excluding carboxylic acids is 3. The number of carbonyl (C=O) groups is 5. The minimum Gasteiger partial charge on any atom is -0.480 e. The number of aliphatic carboxylic acids is 2. The van der Waals surface area contributed by atoms with E-state index in [1.54, 1.807) is 20.1 Å². The van der Waals surface area contributed by atoms with E-state index in [0.717, 1.165) is 0 Å². The topological polar surface area (TPSA) is 234 Å². The van der Waals surface area contributed by atoms with E-state index >= 15 is 0 Å². The molecule has 0 amide bonds. The highest BCUT2D eigenvalue weighted by molar-refractivity contribution is 5.75. The lowest BCUT2D eigenvalue weighted by Crippen LogP contribution is -2.62. The molecular formula is C41H74N6O13. The summed E-state index contributed by atoms with van der Waals surface area (Å²) in [5.41, 5.74) is -4.28. The molecule has 0 saturated carbocycles. The number of aliphatic hydroxyl groups is 3. The number of hydroxylamine groups is 6. The van der Waals surface area contributed by atoms with Crippen LogP contribution in [0, 0.1) is 0 Å². The fourth-order valence-corrected chi connectivity index (χ4v) is 9.96. The molecule has 0 unspecified atom stereocenters. The molecule has 3 fully saturated rings. The molecule has 0 radical (unpaired) electrons. The van der Waals surface area contributed by atoms with Gasteiger partial charge in [0.05, 0.1) is 84.3 Å². The third kappa shape index (κ3) is 14.5. The predicted molar refractivity (Wildman–Crippen MR) is 219 cm³/mol. The van der Waals surface area contributed by atoms with Crippen molar-refractivity contribution in [1.82, 2.24) is 29.9 Å². The Hall–Kier alpha value is -3.01. The fourth-order valence-electron chi connectivity index (χ4n) is 9.96. The molecule has 5 N–H and O–H groups in total. The van der Waals surface area contributed by atoms with E-state index in [1.165, 1.54) is 9.80 Å². The normalized spacial score (nSPS) is 23.4. The summed E-state index contributed by atoms with van der Waals surface area (Å²) in [6.45, 7) is 20.0. The number of carboxylic acids is 2. The molecule has 3 aliphatic heterocycles. The highest BCUT2D eigenvalue weighted by atomic mass is 16.7. The number of rotatable bonds is 19. The molecule has 60 heavy (non-hydrogen) atoms. The van der Waals surface area contributed by atoms with Gasteiger partial charge < -0.3 is 40.0 Å². The molecule has 0 aromatic heterocycles. The van der Waals surface area contributed by atoms with Crippen molar-refractivity contribution in [3.05, 3.63) is 0 Å². The lowest BCUT2D eigenvalue weighted by molar-refractivity contribution is -0.277. The molecule has 0 aromatic carbocycles. The zero-order valence-electron chi connectivity index (χ0n) is 38.0. The molecule has 3 rings (SSSR count). The van der Waals surface area contributed by atoms with Crippen molar-refractivity contribution in [2.75, 3.05) is 58.9 Å². The molecule has 0 bridgehead atoms. The van der Waals surface area contributed by atoms with E-state index in [-0.39, 0.29) is 32.7 Å². The monoisotopic (exact) mass is 859 g/mol. The Balaban J connectivity index is 1.82. The maximum atomic E-state index is 13.7. The summed E-state index contributed by atoms with van der Waals surface area (Å²) in [7, 11) is 0. The van der Waals surface area contributed by atoms with Crippen molar-refractivity contribution < 1.29 is 64.0 Å². The molecule has 0 atom stereocenters. The molecule has 3 heterocycles. The van der Waals surface area contributed by atoms with Crippen LogP contribution in [0.15, 0.2) is 0 Å². The van der Waals surface area contributed by atoms with Crippen LogP contribution in [0.1, 0.15) is 122 Å². The average molecular weight is 859 g/mol. The summed E-state index contributed by atoms with van der Waals surface area (Å²) in [5.74, 6) is -4.48. The number of nitrogens with zero attached hydrogens (tertiary/aromatic N) is 6. The Morgan fingerprint density at radius 1 is 0.417 bits per heavy atom. The maximum Gasteiger partial charge on any atom is 0.339 e. The molecule has 0 aliphatic carbocycles. The Morgan fingerprint density at radius 3 is 0.833 bits per heavy atom. The summed E-state index contributed by atoms with van der Waals surface area (Å²) < 4.78 is 0. The smallest absolute Gasteiger partial charge is 0.339 e. The second-order valence-corrected chi connectivity index (χ2v) is 20.8. The first-order valence-corrected chi connectivity index (χ1v) is 20.9. The first-order valence-electron chi connectivity index (χ1n) is 20.9. The van der Waals surface area contributed by atoms with Crippen LogP contribution in [0.5, 0.6) is 0 Å². The highest BCUT2D eigenvalue weighted by Crippen LogP contribution is 2.41. The fraction of sp³-hybridized carbons (Fsp3) is 0.878.